The number of hydrogen-bond donors (Lipinski definition) is 0. The Morgan fingerprint density at radius 1 is 0.795 bits per heavy atom. The zero-order valence-electron chi connectivity index (χ0n) is 21.7. The molecule has 0 aliphatic carbocycles. The van der Waals surface area contributed by atoms with Crippen LogP contribution in [0.2, 0.25) is 0 Å². The second kappa shape index (κ2) is 13.1. The molecule has 5 rings (SSSR count). The summed E-state index contributed by atoms with van der Waals surface area (Å²) in [6, 6.07) is 33.3. The van der Waals surface area contributed by atoms with E-state index < -0.39 is 0 Å². The summed E-state index contributed by atoms with van der Waals surface area (Å²) < 4.78 is 11.8. The normalized spacial score (nSPS) is 12.5. The first-order chi connectivity index (χ1) is 19.2. The quantitative estimate of drug-likeness (QED) is 0.243. The van der Waals surface area contributed by atoms with Gasteiger partial charge >= 0.3 is 0 Å². The summed E-state index contributed by atoms with van der Waals surface area (Å²) >= 11 is 0. The maximum atomic E-state index is 13.5. The van der Waals surface area contributed by atoms with Crippen LogP contribution < -0.4 is 14.4 Å². The minimum Gasteiger partial charge on any atom is -0.492 e. The fourth-order valence-electron chi connectivity index (χ4n) is 4.20. The van der Waals surface area contributed by atoms with Gasteiger partial charge in [-0.2, -0.15) is 0 Å². The molecule has 0 atom stereocenters. The van der Waals surface area contributed by atoms with Crippen molar-refractivity contribution in [1.82, 2.24) is 9.88 Å². The van der Waals surface area contributed by atoms with Crippen LogP contribution in [-0.2, 0) is 17.9 Å². The minimum atomic E-state index is -0.0701. The Morgan fingerprint density at radius 3 is 2.10 bits per heavy atom. The number of rotatable bonds is 11. The van der Waals surface area contributed by atoms with Gasteiger partial charge in [-0.3, -0.25) is 9.69 Å². The van der Waals surface area contributed by atoms with Gasteiger partial charge in [-0.1, -0.05) is 72.8 Å². The monoisotopic (exact) mass is 517 g/mol. The fourth-order valence-corrected chi connectivity index (χ4v) is 4.20. The van der Waals surface area contributed by atoms with Crippen LogP contribution in [0.25, 0.3) is 0 Å². The lowest BCUT2D eigenvalue weighted by Gasteiger charge is -2.26. The van der Waals surface area contributed by atoms with E-state index in [0.29, 0.717) is 44.2 Å². The molecule has 0 saturated carbocycles. The highest BCUT2D eigenvalue weighted by atomic mass is 16.5. The van der Waals surface area contributed by atoms with E-state index in [-0.39, 0.29) is 5.91 Å². The molecule has 0 fully saturated rings. The molecular formula is C33H31N3O3. The SMILES string of the molecule is O=C(C1=CCN(CCOc2ccc(OCc3ccccc3)cc2)C=C1)N(Cc1ccccc1)c1ccccn1. The van der Waals surface area contributed by atoms with E-state index in [4.69, 9.17) is 9.47 Å². The molecule has 39 heavy (non-hydrogen) atoms. The van der Waals surface area contributed by atoms with E-state index in [9.17, 15) is 4.79 Å². The lowest BCUT2D eigenvalue weighted by atomic mass is 10.1. The third kappa shape index (κ3) is 7.36. The Hall–Kier alpha value is -4.84. The second-order valence-electron chi connectivity index (χ2n) is 9.13. The summed E-state index contributed by atoms with van der Waals surface area (Å²) in [5.41, 5.74) is 2.83. The molecule has 196 valence electrons. The molecule has 1 aliphatic rings. The van der Waals surface area contributed by atoms with Crippen molar-refractivity contribution in [3.63, 3.8) is 0 Å². The summed E-state index contributed by atoms with van der Waals surface area (Å²) in [6.45, 7) is 2.85. The molecular weight excluding hydrogens is 486 g/mol. The van der Waals surface area contributed by atoms with E-state index in [2.05, 4.69) is 9.88 Å². The van der Waals surface area contributed by atoms with E-state index in [0.717, 1.165) is 22.6 Å². The molecule has 1 aromatic heterocycles. The first kappa shape index (κ1) is 25.8. The number of hydrogen-bond acceptors (Lipinski definition) is 5. The minimum absolute atomic E-state index is 0.0701. The van der Waals surface area contributed by atoms with Gasteiger partial charge in [0.05, 0.1) is 13.1 Å². The molecule has 0 N–H and O–H groups in total. The molecule has 2 heterocycles. The summed E-state index contributed by atoms with van der Waals surface area (Å²) in [6.07, 6.45) is 7.49. The van der Waals surface area contributed by atoms with Gasteiger partial charge in [0.25, 0.3) is 5.91 Å². The molecule has 4 aromatic rings. The van der Waals surface area contributed by atoms with Crippen molar-refractivity contribution < 1.29 is 14.3 Å². The van der Waals surface area contributed by atoms with E-state index in [1.807, 2.05) is 121 Å². The zero-order valence-corrected chi connectivity index (χ0v) is 21.7. The number of aromatic nitrogens is 1. The van der Waals surface area contributed by atoms with Gasteiger partial charge in [0.1, 0.15) is 30.5 Å². The molecule has 0 radical (unpaired) electrons. The van der Waals surface area contributed by atoms with E-state index >= 15 is 0 Å². The van der Waals surface area contributed by atoms with Crippen molar-refractivity contribution in [2.45, 2.75) is 13.2 Å². The smallest absolute Gasteiger partial charge is 0.259 e. The first-order valence-electron chi connectivity index (χ1n) is 13.0. The van der Waals surface area contributed by atoms with Crippen LogP contribution in [0.4, 0.5) is 5.82 Å². The summed E-state index contributed by atoms with van der Waals surface area (Å²) in [5.74, 6) is 2.16. The summed E-state index contributed by atoms with van der Waals surface area (Å²) in [5, 5.41) is 0. The van der Waals surface area contributed by atoms with Crippen molar-refractivity contribution in [1.29, 1.82) is 0 Å². The Labute approximate surface area is 229 Å². The number of pyridine rings is 1. The molecule has 1 amide bonds. The van der Waals surface area contributed by atoms with E-state index in [1.165, 1.54) is 0 Å². The Morgan fingerprint density at radius 2 is 1.46 bits per heavy atom. The van der Waals surface area contributed by atoms with Gasteiger partial charge in [-0.25, -0.2) is 4.98 Å². The number of ether oxygens (including phenoxy) is 2. The van der Waals surface area contributed by atoms with Crippen LogP contribution in [0, 0.1) is 0 Å². The van der Waals surface area contributed by atoms with Gasteiger partial charge in [-0.05, 0) is 53.6 Å². The number of carbonyl (C=O) groups excluding carboxylic acids is 1. The van der Waals surface area contributed by atoms with Gasteiger partial charge in [-0.15, -0.1) is 0 Å². The van der Waals surface area contributed by atoms with Crippen LogP contribution in [0.5, 0.6) is 11.5 Å². The maximum absolute atomic E-state index is 13.5. The molecule has 0 spiro atoms. The van der Waals surface area contributed by atoms with Crippen molar-refractivity contribution in [2.24, 2.45) is 0 Å². The second-order valence-corrected chi connectivity index (χ2v) is 9.13. The molecule has 3 aromatic carbocycles. The topological polar surface area (TPSA) is 54.9 Å². The lowest BCUT2D eigenvalue weighted by molar-refractivity contribution is -0.115. The highest BCUT2D eigenvalue weighted by Crippen LogP contribution is 2.21. The van der Waals surface area contributed by atoms with E-state index in [1.54, 1.807) is 11.1 Å². The fraction of sp³-hybridized carbons (Fsp3) is 0.152. The highest BCUT2D eigenvalue weighted by molar-refractivity contribution is 6.07. The molecule has 6 heteroatoms. The largest absolute Gasteiger partial charge is 0.492 e. The standard InChI is InChI=1S/C33H31N3O3/c37-33(36(32-13-7-8-20-34-32)25-27-9-3-1-4-10-27)29-18-21-35(22-19-29)23-24-38-30-14-16-31(17-15-30)39-26-28-11-5-2-6-12-28/h1-21H,22-26H2. The van der Waals surface area contributed by atoms with Crippen LogP contribution in [-0.4, -0.2) is 35.5 Å². The van der Waals surface area contributed by atoms with Crippen LogP contribution in [0.15, 0.2) is 133 Å². The number of benzene rings is 3. The van der Waals surface area contributed by atoms with Crippen molar-refractivity contribution in [3.8, 4) is 11.5 Å². The van der Waals surface area contributed by atoms with Gasteiger partial charge in [0.2, 0.25) is 0 Å². The third-order valence-electron chi connectivity index (χ3n) is 6.33. The first-order valence-corrected chi connectivity index (χ1v) is 13.0. The Bertz CT molecular complexity index is 1390. The molecule has 1 aliphatic heterocycles. The number of anilines is 1. The number of nitrogens with zero attached hydrogens (tertiary/aromatic N) is 3. The van der Waals surface area contributed by atoms with Crippen molar-refractivity contribution >= 4 is 11.7 Å². The van der Waals surface area contributed by atoms with Crippen LogP contribution >= 0.6 is 0 Å². The zero-order chi connectivity index (χ0) is 26.7. The van der Waals surface area contributed by atoms with Crippen LogP contribution in [0.1, 0.15) is 11.1 Å². The predicted molar refractivity (Wildman–Crippen MR) is 153 cm³/mol. The predicted octanol–water partition coefficient (Wildman–Crippen LogP) is 6.03. The van der Waals surface area contributed by atoms with Gasteiger partial charge in [0.15, 0.2) is 0 Å². The Kier molecular flexibility index (Phi) is 8.67. The molecule has 0 saturated heterocycles. The Balaban J connectivity index is 1.10. The van der Waals surface area contributed by atoms with Crippen molar-refractivity contribution in [2.75, 3.05) is 24.6 Å². The van der Waals surface area contributed by atoms with Crippen LogP contribution in [0.3, 0.4) is 0 Å². The lowest BCUT2D eigenvalue weighted by Crippen LogP contribution is -2.34. The van der Waals surface area contributed by atoms with Gasteiger partial charge in [0, 0.05) is 24.5 Å². The summed E-state index contributed by atoms with van der Waals surface area (Å²) in [7, 11) is 0. The van der Waals surface area contributed by atoms with Crippen molar-refractivity contribution in [3.05, 3.63) is 144 Å². The molecule has 0 bridgehead atoms. The average molecular weight is 518 g/mol. The third-order valence-corrected chi connectivity index (χ3v) is 6.33. The maximum Gasteiger partial charge on any atom is 0.259 e. The number of amides is 1. The average Bonchev–Trinajstić information content (AvgIpc) is 3.01. The van der Waals surface area contributed by atoms with Gasteiger partial charge < -0.3 is 14.4 Å². The number of carbonyl (C=O) groups is 1. The molecule has 6 nitrogen and oxygen atoms in total. The highest BCUT2D eigenvalue weighted by Gasteiger charge is 2.21. The summed E-state index contributed by atoms with van der Waals surface area (Å²) in [4.78, 5) is 21.7. The molecule has 0 unspecified atom stereocenters.